The van der Waals surface area contributed by atoms with Gasteiger partial charge in [0.2, 0.25) is 0 Å². The molecule has 0 bridgehead atoms. The molecule has 4 heteroatoms. The van der Waals surface area contributed by atoms with Gasteiger partial charge in [0, 0.05) is 5.56 Å². The van der Waals surface area contributed by atoms with E-state index >= 15 is 0 Å². The third-order valence-electron chi connectivity index (χ3n) is 2.44. The van der Waals surface area contributed by atoms with Crippen LogP contribution in [0.1, 0.15) is 17.9 Å². The van der Waals surface area contributed by atoms with Crippen LogP contribution in [-0.4, -0.2) is 12.3 Å². The number of hydrogen-bond donors (Lipinski definition) is 1. The standard InChI is InChI=1S/C11H13F2NS/c1-7-5-14-11(15-6-7)9-4-8(12)2-3-10(9)13/h2-4,7,11,14H,5-6H2,1H3. The van der Waals surface area contributed by atoms with Gasteiger partial charge in [-0.2, -0.15) is 0 Å². The molecule has 1 saturated heterocycles. The second kappa shape index (κ2) is 4.49. The Bertz CT molecular complexity index is 348. The molecule has 1 aliphatic heterocycles. The van der Waals surface area contributed by atoms with Crippen molar-refractivity contribution in [1.82, 2.24) is 5.32 Å². The lowest BCUT2D eigenvalue weighted by atomic mass is 10.1. The SMILES string of the molecule is CC1CNC(c2cc(F)ccc2F)SC1. The average molecular weight is 229 g/mol. The van der Waals surface area contributed by atoms with Gasteiger partial charge >= 0.3 is 0 Å². The molecule has 1 nitrogen and oxygen atoms in total. The van der Waals surface area contributed by atoms with Gasteiger partial charge in [-0.05, 0) is 36.4 Å². The van der Waals surface area contributed by atoms with Crippen molar-refractivity contribution in [2.75, 3.05) is 12.3 Å². The Kier molecular flexibility index (Phi) is 3.26. The van der Waals surface area contributed by atoms with Crippen LogP contribution in [0.2, 0.25) is 0 Å². The van der Waals surface area contributed by atoms with Crippen molar-refractivity contribution in [3.05, 3.63) is 35.4 Å². The fourth-order valence-corrected chi connectivity index (χ4v) is 2.81. The smallest absolute Gasteiger partial charge is 0.129 e. The Hall–Kier alpha value is -0.610. The van der Waals surface area contributed by atoms with Gasteiger partial charge in [0.1, 0.15) is 11.6 Å². The molecule has 2 unspecified atom stereocenters. The van der Waals surface area contributed by atoms with Gasteiger partial charge in [-0.15, -0.1) is 11.8 Å². The van der Waals surface area contributed by atoms with Crippen LogP contribution in [-0.2, 0) is 0 Å². The van der Waals surface area contributed by atoms with Crippen LogP contribution in [0.3, 0.4) is 0 Å². The molecular weight excluding hydrogens is 216 g/mol. The summed E-state index contributed by atoms with van der Waals surface area (Å²) in [7, 11) is 0. The summed E-state index contributed by atoms with van der Waals surface area (Å²) in [6, 6.07) is 3.61. The highest BCUT2D eigenvalue weighted by Crippen LogP contribution is 2.32. The second-order valence-electron chi connectivity index (χ2n) is 3.89. The minimum atomic E-state index is -0.382. The van der Waals surface area contributed by atoms with Gasteiger partial charge < -0.3 is 5.32 Å². The maximum absolute atomic E-state index is 13.4. The molecule has 1 fully saturated rings. The normalized spacial score (nSPS) is 26.6. The topological polar surface area (TPSA) is 12.0 Å². The first-order chi connectivity index (χ1) is 7.16. The van der Waals surface area contributed by atoms with E-state index in [1.807, 2.05) is 0 Å². The molecule has 1 aromatic carbocycles. The molecule has 1 heterocycles. The molecule has 0 radical (unpaired) electrons. The number of nitrogens with one attached hydrogen (secondary N) is 1. The first-order valence-corrected chi connectivity index (χ1v) is 6.01. The van der Waals surface area contributed by atoms with E-state index in [1.165, 1.54) is 12.1 Å². The van der Waals surface area contributed by atoms with Crippen molar-refractivity contribution >= 4 is 11.8 Å². The predicted octanol–water partition coefficient (Wildman–Crippen LogP) is 2.94. The Morgan fingerprint density at radius 1 is 1.40 bits per heavy atom. The number of thioether (sulfide) groups is 1. The predicted molar refractivity (Wildman–Crippen MR) is 58.7 cm³/mol. The van der Waals surface area contributed by atoms with Gasteiger partial charge in [0.25, 0.3) is 0 Å². The minimum absolute atomic E-state index is 0.114. The lowest BCUT2D eigenvalue weighted by Gasteiger charge is -2.27. The van der Waals surface area contributed by atoms with Crippen LogP contribution in [0, 0.1) is 17.6 Å². The lowest BCUT2D eigenvalue weighted by Crippen LogP contribution is -2.31. The average Bonchev–Trinajstić information content (AvgIpc) is 2.23. The number of benzene rings is 1. The maximum Gasteiger partial charge on any atom is 0.129 e. The van der Waals surface area contributed by atoms with Crippen molar-refractivity contribution in [2.24, 2.45) is 5.92 Å². The third kappa shape index (κ3) is 2.49. The summed E-state index contributed by atoms with van der Waals surface area (Å²) in [4.78, 5) is 0. The summed E-state index contributed by atoms with van der Waals surface area (Å²) in [6.07, 6.45) is 0. The Morgan fingerprint density at radius 2 is 2.20 bits per heavy atom. The summed E-state index contributed by atoms with van der Waals surface area (Å²) in [5.41, 5.74) is 0.423. The molecule has 82 valence electrons. The quantitative estimate of drug-likeness (QED) is 0.794. The number of rotatable bonds is 1. The summed E-state index contributed by atoms with van der Waals surface area (Å²) >= 11 is 1.63. The van der Waals surface area contributed by atoms with E-state index in [0.717, 1.165) is 18.4 Å². The zero-order chi connectivity index (χ0) is 10.8. The third-order valence-corrected chi connectivity index (χ3v) is 3.96. The molecule has 15 heavy (non-hydrogen) atoms. The molecule has 0 amide bonds. The summed E-state index contributed by atoms with van der Waals surface area (Å²) < 4.78 is 26.4. The van der Waals surface area contributed by atoms with Crippen LogP contribution in [0.4, 0.5) is 8.78 Å². The van der Waals surface area contributed by atoms with Crippen LogP contribution >= 0.6 is 11.8 Å². The van der Waals surface area contributed by atoms with Crippen molar-refractivity contribution in [1.29, 1.82) is 0 Å². The van der Waals surface area contributed by atoms with Crippen molar-refractivity contribution in [3.8, 4) is 0 Å². The molecule has 0 spiro atoms. The lowest BCUT2D eigenvalue weighted by molar-refractivity contribution is 0.509. The molecule has 1 N–H and O–H groups in total. The van der Waals surface area contributed by atoms with Crippen LogP contribution < -0.4 is 5.32 Å². The molecule has 1 aliphatic rings. The molecule has 2 atom stereocenters. The largest absolute Gasteiger partial charge is 0.301 e. The molecule has 0 aromatic heterocycles. The summed E-state index contributed by atoms with van der Waals surface area (Å²) in [5, 5.41) is 3.10. The molecule has 2 rings (SSSR count). The molecule has 1 aromatic rings. The number of halogens is 2. The Labute approximate surface area is 92.3 Å². The van der Waals surface area contributed by atoms with E-state index in [4.69, 9.17) is 0 Å². The van der Waals surface area contributed by atoms with E-state index < -0.39 is 0 Å². The Balaban J connectivity index is 2.18. The van der Waals surface area contributed by atoms with Crippen LogP contribution in [0.5, 0.6) is 0 Å². The van der Waals surface area contributed by atoms with Crippen LogP contribution in [0.25, 0.3) is 0 Å². The van der Waals surface area contributed by atoms with Gasteiger partial charge in [-0.1, -0.05) is 6.92 Å². The van der Waals surface area contributed by atoms with Gasteiger partial charge in [0.05, 0.1) is 5.37 Å². The van der Waals surface area contributed by atoms with E-state index in [9.17, 15) is 8.78 Å². The van der Waals surface area contributed by atoms with E-state index in [0.29, 0.717) is 11.5 Å². The molecular formula is C11H13F2NS. The first-order valence-electron chi connectivity index (χ1n) is 4.97. The number of hydrogen-bond acceptors (Lipinski definition) is 2. The molecule has 0 saturated carbocycles. The van der Waals surface area contributed by atoms with Crippen molar-refractivity contribution < 1.29 is 8.78 Å². The highest BCUT2D eigenvalue weighted by atomic mass is 32.2. The fourth-order valence-electron chi connectivity index (χ4n) is 1.60. The molecule has 0 aliphatic carbocycles. The maximum atomic E-state index is 13.4. The second-order valence-corrected chi connectivity index (χ2v) is 5.03. The van der Waals surface area contributed by atoms with E-state index in [-0.39, 0.29) is 17.0 Å². The van der Waals surface area contributed by atoms with Crippen molar-refractivity contribution in [3.63, 3.8) is 0 Å². The summed E-state index contributed by atoms with van der Waals surface area (Å²) in [6.45, 7) is 2.99. The van der Waals surface area contributed by atoms with E-state index in [2.05, 4.69) is 12.2 Å². The highest BCUT2D eigenvalue weighted by Gasteiger charge is 2.22. The first kappa shape index (κ1) is 10.9. The monoisotopic (exact) mass is 229 g/mol. The summed E-state index contributed by atoms with van der Waals surface area (Å²) in [5.74, 6) is 0.847. The van der Waals surface area contributed by atoms with Gasteiger partial charge in [0.15, 0.2) is 0 Å². The van der Waals surface area contributed by atoms with Gasteiger partial charge in [-0.25, -0.2) is 8.78 Å². The van der Waals surface area contributed by atoms with Gasteiger partial charge in [-0.3, -0.25) is 0 Å². The van der Waals surface area contributed by atoms with Crippen LogP contribution in [0.15, 0.2) is 18.2 Å². The zero-order valence-electron chi connectivity index (χ0n) is 8.47. The zero-order valence-corrected chi connectivity index (χ0v) is 9.28. The van der Waals surface area contributed by atoms with Crippen molar-refractivity contribution in [2.45, 2.75) is 12.3 Å². The fraction of sp³-hybridized carbons (Fsp3) is 0.455. The highest BCUT2D eigenvalue weighted by molar-refractivity contribution is 7.99. The minimum Gasteiger partial charge on any atom is -0.301 e. The van der Waals surface area contributed by atoms with E-state index in [1.54, 1.807) is 11.8 Å². The Morgan fingerprint density at radius 3 is 2.87 bits per heavy atom.